The maximum Gasteiger partial charge on any atom is 0.119 e. The minimum Gasteiger partial charge on any atom is -0.492 e. The summed E-state index contributed by atoms with van der Waals surface area (Å²) in [4.78, 5) is 2.35. The third-order valence-corrected chi connectivity index (χ3v) is 3.44. The zero-order valence-electron chi connectivity index (χ0n) is 12.7. The van der Waals surface area contributed by atoms with E-state index in [1.54, 1.807) is 0 Å². The molecule has 0 aliphatic heterocycles. The Balaban J connectivity index is 2.38. The van der Waals surface area contributed by atoms with E-state index >= 15 is 0 Å². The zero-order valence-corrected chi connectivity index (χ0v) is 12.7. The Kier molecular flexibility index (Phi) is 7.79. The van der Waals surface area contributed by atoms with Crippen molar-refractivity contribution in [1.29, 1.82) is 0 Å². The van der Waals surface area contributed by atoms with Crippen LogP contribution >= 0.6 is 0 Å². The van der Waals surface area contributed by atoms with Gasteiger partial charge in [-0.3, -0.25) is 0 Å². The van der Waals surface area contributed by atoms with Crippen LogP contribution < -0.4 is 4.74 Å². The van der Waals surface area contributed by atoms with Crippen LogP contribution in [0.2, 0.25) is 0 Å². The normalized spacial score (nSPS) is 10.5. The van der Waals surface area contributed by atoms with Crippen molar-refractivity contribution in [2.75, 3.05) is 26.8 Å². The highest BCUT2D eigenvalue weighted by Gasteiger charge is 2.09. The third-order valence-electron chi connectivity index (χ3n) is 3.44. The summed E-state index contributed by atoms with van der Waals surface area (Å²) in [6.07, 6.45) is 2.34. The Morgan fingerprint density at radius 3 is 2.40 bits per heavy atom. The van der Waals surface area contributed by atoms with E-state index in [9.17, 15) is 0 Å². The lowest BCUT2D eigenvalue weighted by Gasteiger charge is -2.25. The van der Waals surface area contributed by atoms with Crippen molar-refractivity contribution in [1.82, 2.24) is 4.90 Å². The second kappa shape index (κ2) is 9.41. The van der Waals surface area contributed by atoms with Crippen LogP contribution in [0.25, 0.3) is 0 Å². The average Bonchev–Trinajstić information content (AvgIpc) is 2.47. The van der Waals surface area contributed by atoms with E-state index in [4.69, 9.17) is 9.84 Å². The first-order valence-corrected chi connectivity index (χ1v) is 7.24. The lowest BCUT2D eigenvalue weighted by Crippen LogP contribution is -2.33. The third kappa shape index (κ3) is 5.64. The highest BCUT2D eigenvalue weighted by atomic mass is 16.5. The highest BCUT2D eigenvalue weighted by Crippen LogP contribution is 2.12. The van der Waals surface area contributed by atoms with Crippen LogP contribution in [-0.4, -0.2) is 42.9 Å². The van der Waals surface area contributed by atoms with Crippen molar-refractivity contribution in [3.05, 3.63) is 29.8 Å². The highest BCUT2D eigenvalue weighted by molar-refractivity contribution is 5.38. The van der Waals surface area contributed by atoms with Gasteiger partial charge in [-0.05, 0) is 44.2 Å². The zero-order chi connectivity index (χ0) is 14.8. The monoisotopic (exact) mass is 275 g/mol. The number of aliphatic hydroxyl groups is 1. The largest absolute Gasteiger partial charge is 0.492 e. The molecule has 0 saturated carbocycles. The van der Waals surface area contributed by atoms with Crippen molar-refractivity contribution in [2.24, 2.45) is 0 Å². The van der Waals surface area contributed by atoms with Crippen molar-refractivity contribution in [3.8, 4) is 17.6 Å². The minimum atomic E-state index is -0.111. The standard InChI is InChI=1S/C17H25NO2/c1-4-16(5-2)18(3)12-14-20-17-10-8-15(9-11-17)7-6-13-19/h8-11,16,19H,4-5,12-14H2,1-3H3. The molecule has 0 aliphatic rings. The van der Waals surface area contributed by atoms with Crippen LogP contribution in [0.5, 0.6) is 5.75 Å². The predicted octanol–water partition coefficient (Wildman–Crippen LogP) is 2.53. The number of hydrogen-bond donors (Lipinski definition) is 1. The van der Waals surface area contributed by atoms with E-state index in [1.165, 1.54) is 12.8 Å². The molecule has 3 heteroatoms. The fourth-order valence-corrected chi connectivity index (χ4v) is 2.18. The summed E-state index contributed by atoms with van der Waals surface area (Å²) in [7, 11) is 2.15. The molecule has 0 amide bonds. The number of aliphatic hydroxyl groups excluding tert-OH is 1. The molecule has 0 spiro atoms. The molecule has 0 radical (unpaired) electrons. The van der Waals surface area contributed by atoms with Gasteiger partial charge in [0.1, 0.15) is 19.0 Å². The molecule has 20 heavy (non-hydrogen) atoms. The van der Waals surface area contributed by atoms with Crippen LogP contribution in [0.3, 0.4) is 0 Å². The number of benzene rings is 1. The molecule has 0 aromatic heterocycles. The minimum absolute atomic E-state index is 0.111. The summed E-state index contributed by atoms with van der Waals surface area (Å²) < 4.78 is 5.74. The molecule has 0 heterocycles. The number of rotatable bonds is 7. The average molecular weight is 275 g/mol. The molecule has 0 bridgehead atoms. The van der Waals surface area contributed by atoms with E-state index in [-0.39, 0.29) is 6.61 Å². The molecular weight excluding hydrogens is 250 g/mol. The van der Waals surface area contributed by atoms with Gasteiger partial charge in [0.15, 0.2) is 0 Å². The Labute approximate surface area is 122 Å². The topological polar surface area (TPSA) is 32.7 Å². The molecule has 0 unspecified atom stereocenters. The molecule has 1 aromatic rings. The Bertz CT molecular complexity index is 427. The van der Waals surface area contributed by atoms with Crippen LogP contribution in [0.1, 0.15) is 32.3 Å². The molecular formula is C17H25NO2. The van der Waals surface area contributed by atoms with E-state index in [1.807, 2.05) is 24.3 Å². The summed E-state index contributed by atoms with van der Waals surface area (Å²) in [6.45, 7) is 5.95. The van der Waals surface area contributed by atoms with Gasteiger partial charge in [0.05, 0.1) is 0 Å². The van der Waals surface area contributed by atoms with Crippen molar-refractivity contribution in [2.45, 2.75) is 32.7 Å². The van der Waals surface area contributed by atoms with Gasteiger partial charge in [-0.15, -0.1) is 0 Å². The summed E-state index contributed by atoms with van der Waals surface area (Å²) in [6, 6.07) is 8.28. The summed E-state index contributed by atoms with van der Waals surface area (Å²) in [5, 5.41) is 8.63. The van der Waals surface area contributed by atoms with E-state index < -0.39 is 0 Å². The quantitative estimate of drug-likeness (QED) is 0.776. The molecule has 0 atom stereocenters. The van der Waals surface area contributed by atoms with Crippen molar-refractivity contribution >= 4 is 0 Å². The number of likely N-dealkylation sites (N-methyl/N-ethyl adjacent to an activating group) is 1. The Hall–Kier alpha value is -1.50. The van der Waals surface area contributed by atoms with Gasteiger partial charge in [0, 0.05) is 18.2 Å². The maximum atomic E-state index is 8.63. The molecule has 0 fully saturated rings. The first-order chi connectivity index (χ1) is 9.71. The van der Waals surface area contributed by atoms with E-state index in [0.29, 0.717) is 12.6 Å². The second-order valence-electron chi connectivity index (χ2n) is 4.78. The SMILES string of the molecule is CCC(CC)N(C)CCOc1ccc(C#CCO)cc1. The van der Waals surface area contributed by atoms with Crippen molar-refractivity contribution in [3.63, 3.8) is 0 Å². The second-order valence-corrected chi connectivity index (χ2v) is 4.78. The molecule has 1 rings (SSSR count). The molecule has 3 nitrogen and oxygen atoms in total. The van der Waals surface area contributed by atoms with Crippen LogP contribution in [0.15, 0.2) is 24.3 Å². The van der Waals surface area contributed by atoms with Gasteiger partial charge >= 0.3 is 0 Å². The van der Waals surface area contributed by atoms with Gasteiger partial charge < -0.3 is 14.7 Å². The maximum absolute atomic E-state index is 8.63. The predicted molar refractivity (Wildman–Crippen MR) is 82.9 cm³/mol. The van der Waals surface area contributed by atoms with E-state index in [2.05, 4.69) is 37.6 Å². The molecule has 1 aromatic carbocycles. The summed E-state index contributed by atoms with van der Waals surface area (Å²) in [5.74, 6) is 6.35. The van der Waals surface area contributed by atoms with Crippen LogP contribution in [-0.2, 0) is 0 Å². The lowest BCUT2D eigenvalue weighted by molar-refractivity contribution is 0.183. The van der Waals surface area contributed by atoms with Gasteiger partial charge in [0.25, 0.3) is 0 Å². The summed E-state index contributed by atoms with van der Waals surface area (Å²) in [5.41, 5.74) is 0.889. The molecule has 1 N–H and O–H groups in total. The molecule has 0 aliphatic carbocycles. The van der Waals surface area contributed by atoms with Gasteiger partial charge in [0.2, 0.25) is 0 Å². The fraction of sp³-hybridized carbons (Fsp3) is 0.529. The molecule has 0 saturated heterocycles. The van der Waals surface area contributed by atoms with Gasteiger partial charge in [-0.2, -0.15) is 0 Å². The van der Waals surface area contributed by atoms with Crippen LogP contribution in [0.4, 0.5) is 0 Å². The Morgan fingerprint density at radius 2 is 1.85 bits per heavy atom. The first kappa shape index (κ1) is 16.6. The van der Waals surface area contributed by atoms with Gasteiger partial charge in [-0.25, -0.2) is 0 Å². The summed E-state index contributed by atoms with van der Waals surface area (Å²) >= 11 is 0. The first-order valence-electron chi connectivity index (χ1n) is 7.24. The van der Waals surface area contributed by atoms with Gasteiger partial charge in [-0.1, -0.05) is 25.7 Å². The molecule has 110 valence electrons. The van der Waals surface area contributed by atoms with Crippen molar-refractivity contribution < 1.29 is 9.84 Å². The number of hydrogen-bond acceptors (Lipinski definition) is 3. The smallest absolute Gasteiger partial charge is 0.119 e. The number of nitrogens with zero attached hydrogens (tertiary/aromatic N) is 1. The Morgan fingerprint density at radius 1 is 1.20 bits per heavy atom. The lowest BCUT2D eigenvalue weighted by atomic mass is 10.1. The fourth-order valence-electron chi connectivity index (χ4n) is 2.18. The number of ether oxygens (including phenoxy) is 1. The van der Waals surface area contributed by atoms with E-state index in [0.717, 1.165) is 17.9 Å². The van der Waals surface area contributed by atoms with Crippen LogP contribution in [0, 0.1) is 11.8 Å².